The third-order valence-corrected chi connectivity index (χ3v) is 8.48. The molecule has 228 valence electrons. The molecule has 5 rings (SSSR count). The zero-order chi connectivity index (χ0) is 30.3. The molecule has 0 atom stereocenters. The van der Waals surface area contributed by atoms with E-state index in [4.69, 9.17) is 14.1 Å². The van der Waals surface area contributed by atoms with Gasteiger partial charge in [-0.15, -0.1) is 0 Å². The number of aromatic nitrogens is 2. The van der Waals surface area contributed by atoms with E-state index in [1.165, 1.54) is 32.1 Å². The summed E-state index contributed by atoms with van der Waals surface area (Å²) >= 11 is 0. The monoisotopic (exact) mass is 585 g/mol. The predicted molar refractivity (Wildman–Crippen MR) is 167 cm³/mol. The molecule has 0 saturated heterocycles. The fourth-order valence-electron chi connectivity index (χ4n) is 6.09. The number of esters is 1. The molecule has 0 aliphatic heterocycles. The first-order chi connectivity index (χ1) is 20.9. The van der Waals surface area contributed by atoms with Gasteiger partial charge in [-0.05, 0) is 60.9 Å². The molecule has 1 aliphatic carbocycles. The number of hydrogen-bond acceptors (Lipinski definition) is 6. The van der Waals surface area contributed by atoms with E-state index in [9.17, 15) is 14.7 Å². The molecule has 3 heterocycles. The van der Waals surface area contributed by atoms with E-state index in [2.05, 4.69) is 31.1 Å². The summed E-state index contributed by atoms with van der Waals surface area (Å²) in [6, 6.07) is 10.7. The Bertz CT molecular complexity index is 1530. The second-order valence-electron chi connectivity index (χ2n) is 11.9. The van der Waals surface area contributed by atoms with Crippen LogP contribution < -0.4 is 5.32 Å². The van der Waals surface area contributed by atoms with Gasteiger partial charge in [-0.3, -0.25) is 4.79 Å². The lowest BCUT2D eigenvalue weighted by Gasteiger charge is -2.22. The van der Waals surface area contributed by atoms with Crippen molar-refractivity contribution in [2.75, 3.05) is 6.61 Å². The molecule has 0 unspecified atom stereocenters. The zero-order valence-electron chi connectivity index (χ0n) is 25.5. The molecule has 4 aromatic rings. The van der Waals surface area contributed by atoms with Crippen molar-refractivity contribution in [2.45, 2.75) is 91.0 Å². The minimum atomic E-state index is -0.427. The van der Waals surface area contributed by atoms with Gasteiger partial charge in [-0.1, -0.05) is 71.4 Å². The quantitative estimate of drug-likeness (QED) is 0.114. The minimum absolute atomic E-state index is 0.0251. The van der Waals surface area contributed by atoms with Crippen LogP contribution in [0.2, 0.25) is 0 Å². The molecule has 0 bridgehead atoms. The molecular weight excluding hydrogens is 542 g/mol. The van der Waals surface area contributed by atoms with Gasteiger partial charge in [-0.25, -0.2) is 9.78 Å². The standard InChI is InChI=1S/C35H43N3O5/c1-4-5-19-43-35(41)29-27(18-13-23-10-7-6-8-11-23)37-32-30(34(40)38-31(32)22(2)3)28(29)24-14-16-25(17-15-24)33(39)36-21-26-12-9-20-42-26/h9,12,14-17,20,22-23,38,40H,4-8,10-11,13,18-19,21H2,1-3H3,(H,36,39). The van der Waals surface area contributed by atoms with E-state index < -0.39 is 5.97 Å². The summed E-state index contributed by atoms with van der Waals surface area (Å²) in [5.74, 6) is 0.674. The first kappa shape index (κ1) is 30.4. The van der Waals surface area contributed by atoms with Gasteiger partial charge in [-0.2, -0.15) is 0 Å². The summed E-state index contributed by atoms with van der Waals surface area (Å²) in [6.07, 6.45) is 11.1. The number of carbonyl (C=O) groups is 2. The highest BCUT2D eigenvalue weighted by molar-refractivity contribution is 6.10. The molecule has 0 spiro atoms. The fraction of sp³-hybridized carbons (Fsp3) is 0.457. The number of unbranched alkanes of at least 4 members (excludes halogenated alkanes) is 1. The van der Waals surface area contributed by atoms with Gasteiger partial charge in [0.05, 0.1) is 41.6 Å². The molecular formula is C35H43N3O5. The number of H-pyrrole nitrogens is 1. The van der Waals surface area contributed by atoms with Gasteiger partial charge in [0.1, 0.15) is 5.76 Å². The van der Waals surface area contributed by atoms with Crippen LogP contribution in [0.5, 0.6) is 5.88 Å². The Morgan fingerprint density at radius 2 is 1.91 bits per heavy atom. The molecule has 43 heavy (non-hydrogen) atoms. The third kappa shape index (κ3) is 6.95. The highest BCUT2D eigenvalue weighted by atomic mass is 16.5. The van der Waals surface area contributed by atoms with Crippen molar-refractivity contribution in [3.8, 4) is 17.0 Å². The number of rotatable bonds is 12. The third-order valence-electron chi connectivity index (χ3n) is 8.48. The predicted octanol–water partition coefficient (Wildman–Crippen LogP) is 8.05. The Morgan fingerprint density at radius 1 is 1.14 bits per heavy atom. The average molecular weight is 586 g/mol. The number of aryl methyl sites for hydroxylation is 1. The lowest BCUT2D eigenvalue weighted by atomic mass is 9.84. The Balaban J connectivity index is 1.58. The number of ether oxygens (including phenoxy) is 1. The van der Waals surface area contributed by atoms with Crippen LogP contribution >= 0.6 is 0 Å². The summed E-state index contributed by atoms with van der Waals surface area (Å²) in [7, 11) is 0. The lowest BCUT2D eigenvalue weighted by molar-refractivity contribution is 0.0498. The fourth-order valence-corrected chi connectivity index (χ4v) is 6.09. The average Bonchev–Trinajstić information content (AvgIpc) is 3.66. The Labute approximate surface area is 253 Å². The van der Waals surface area contributed by atoms with Gasteiger partial charge in [0.15, 0.2) is 5.88 Å². The van der Waals surface area contributed by atoms with E-state index in [-0.39, 0.29) is 24.2 Å². The SMILES string of the molecule is CCCCOC(=O)c1c(CCC2CCCCC2)nc2c(C(C)C)[nH]c(O)c2c1-c1ccc(C(=O)NCc2ccco2)cc1. The van der Waals surface area contributed by atoms with Crippen molar-refractivity contribution >= 4 is 22.8 Å². The van der Waals surface area contributed by atoms with Crippen LogP contribution in [0.15, 0.2) is 47.1 Å². The van der Waals surface area contributed by atoms with Gasteiger partial charge in [0.2, 0.25) is 0 Å². The molecule has 3 N–H and O–H groups in total. The number of nitrogens with one attached hydrogen (secondary N) is 2. The summed E-state index contributed by atoms with van der Waals surface area (Å²) in [5, 5.41) is 14.6. The van der Waals surface area contributed by atoms with Gasteiger partial charge < -0.3 is 24.6 Å². The topological polar surface area (TPSA) is 117 Å². The normalized spacial score (nSPS) is 14.0. The maximum Gasteiger partial charge on any atom is 0.340 e. The van der Waals surface area contributed by atoms with Crippen molar-refractivity contribution < 1.29 is 23.8 Å². The molecule has 8 heteroatoms. The van der Waals surface area contributed by atoms with Crippen molar-refractivity contribution in [1.29, 1.82) is 0 Å². The maximum atomic E-state index is 13.8. The van der Waals surface area contributed by atoms with E-state index in [1.807, 2.05) is 12.1 Å². The van der Waals surface area contributed by atoms with Crippen molar-refractivity contribution in [3.05, 3.63) is 70.9 Å². The Hall–Kier alpha value is -4.07. The molecule has 1 aromatic carbocycles. The molecule has 1 saturated carbocycles. The highest BCUT2D eigenvalue weighted by Gasteiger charge is 2.29. The van der Waals surface area contributed by atoms with Crippen LogP contribution in [0.25, 0.3) is 22.0 Å². The van der Waals surface area contributed by atoms with E-state index in [1.54, 1.807) is 30.5 Å². The summed E-state index contributed by atoms with van der Waals surface area (Å²) in [5.41, 5.74) is 4.38. The van der Waals surface area contributed by atoms with Gasteiger partial charge >= 0.3 is 5.97 Å². The highest BCUT2D eigenvalue weighted by Crippen LogP contribution is 2.42. The first-order valence-electron chi connectivity index (χ1n) is 15.7. The maximum absolute atomic E-state index is 13.8. The number of furan rings is 1. The number of aromatic amines is 1. The van der Waals surface area contributed by atoms with Gasteiger partial charge in [0.25, 0.3) is 5.91 Å². The van der Waals surface area contributed by atoms with Crippen LogP contribution in [0.1, 0.15) is 116 Å². The van der Waals surface area contributed by atoms with Crippen LogP contribution in [-0.4, -0.2) is 33.6 Å². The number of aromatic hydroxyl groups is 1. The number of benzene rings is 1. The van der Waals surface area contributed by atoms with E-state index in [0.717, 1.165) is 25.0 Å². The number of nitrogens with zero attached hydrogens (tertiary/aromatic N) is 1. The molecule has 8 nitrogen and oxygen atoms in total. The number of carbonyl (C=O) groups excluding carboxylic acids is 2. The molecule has 3 aromatic heterocycles. The largest absolute Gasteiger partial charge is 0.494 e. The Kier molecular flexibility index (Phi) is 9.85. The molecule has 1 fully saturated rings. The van der Waals surface area contributed by atoms with Crippen LogP contribution in [0, 0.1) is 5.92 Å². The Morgan fingerprint density at radius 3 is 2.58 bits per heavy atom. The zero-order valence-corrected chi connectivity index (χ0v) is 25.5. The van der Waals surface area contributed by atoms with Crippen molar-refractivity contribution in [1.82, 2.24) is 15.3 Å². The molecule has 1 aliphatic rings. The van der Waals surface area contributed by atoms with Gasteiger partial charge in [0, 0.05) is 16.8 Å². The number of fused-ring (bicyclic) bond motifs is 1. The van der Waals surface area contributed by atoms with Crippen LogP contribution in [0.3, 0.4) is 0 Å². The smallest absolute Gasteiger partial charge is 0.340 e. The van der Waals surface area contributed by atoms with E-state index >= 15 is 0 Å². The number of hydrogen-bond donors (Lipinski definition) is 3. The summed E-state index contributed by atoms with van der Waals surface area (Å²) < 4.78 is 11.1. The number of amides is 1. The second kappa shape index (κ2) is 13.9. The van der Waals surface area contributed by atoms with Crippen LogP contribution in [-0.2, 0) is 17.7 Å². The second-order valence-corrected chi connectivity index (χ2v) is 11.9. The lowest BCUT2D eigenvalue weighted by Crippen LogP contribution is -2.22. The number of pyridine rings is 1. The summed E-state index contributed by atoms with van der Waals surface area (Å²) in [4.78, 5) is 34.9. The summed E-state index contributed by atoms with van der Waals surface area (Å²) in [6.45, 7) is 6.76. The first-order valence-corrected chi connectivity index (χ1v) is 15.7. The van der Waals surface area contributed by atoms with Crippen LogP contribution in [0.4, 0.5) is 0 Å². The van der Waals surface area contributed by atoms with E-state index in [0.29, 0.717) is 63.6 Å². The molecule has 1 amide bonds. The minimum Gasteiger partial charge on any atom is -0.494 e. The van der Waals surface area contributed by atoms with Crippen molar-refractivity contribution in [3.63, 3.8) is 0 Å². The molecule has 0 radical (unpaired) electrons. The van der Waals surface area contributed by atoms with Crippen molar-refractivity contribution in [2.24, 2.45) is 5.92 Å².